The molecule has 4 N–H and O–H groups in total. The zero-order valence-electron chi connectivity index (χ0n) is 15.2. The molecule has 0 saturated carbocycles. The number of urea groups is 1. The first-order chi connectivity index (χ1) is 13.4. The summed E-state index contributed by atoms with van der Waals surface area (Å²) in [6, 6.07) is 14.1. The van der Waals surface area contributed by atoms with Gasteiger partial charge >= 0.3 is 6.03 Å². The Kier molecular flexibility index (Phi) is 5.96. The van der Waals surface area contributed by atoms with Crippen LogP contribution in [0.15, 0.2) is 59.5 Å². The number of amides is 3. The molecule has 0 radical (unpaired) electrons. The van der Waals surface area contributed by atoms with Crippen molar-refractivity contribution in [1.29, 1.82) is 0 Å². The Morgan fingerprint density at radius 3 is 2.36 bits per heavy atom. The molecule has 1 heterocycles. The van der Waals surface area contributed by atoms with Crippen molar-refractivity contribution in [3.05, 3.63) is 54.6 Å². The Balaban J connectivity index is 1.69. The molecule has 1 saturated heterocycles. The number of hydrogen-bond acceptors (Lipinski definition) is 4. The third kappa shape index (κ3) is 4.68. The minimum Gasteiger partial charge on any atom is -0.351 e. The van der Waals surface area contributed by atoms with Crippen LogP contribution in [0, 0.1) is 5.92 Å². The molecule has 1 unspecified atom stereocenters. The highest BCUT2D eigenvalue weighted by atomic mass is 32.2. The molecule has 148 valence electrons. The van der Waals surface area contributed by atoms with Crippen LogP contribution in [-0.2, 0) is 14.8 Å². The van der Waals surface area contributed by atoms with Gasteiger partial charge in [-0.2, -0.15) is 4.31 Å². The molecule has 1 fully saturated rings. The lowest BCUT2D eigenvalue weighted by Gasteiger charge is -2.31. The van der Waals surface area contributed by atoms with Crippen LogP contribution >= 0.6 is 0 Å². The SMILES string of the molecule is NC(=O)Nc1cccc(NC(=O)C2CCCN(S(=O)(=O)c3ccccc3)C2)c1. The number of anilines is 2. The quantitative estimate of drug-likeness (QED) is 0.710. The standard InChI is InChI=1S/C19H22N4O4S/c20-19(25)22-16-8-4-7-15(12-16)21-18(24)14-6-5-11-23(13-14)28(26,27)17-9-2-1-3-10-17/h1-4,7-10,12,14H,5-6,11,13H2,(H,21,24)(H3,20,22,25). The Morgan fingerprint density at radius 1 is 1.00 bits per heavy atom. The fraction of sp³-hybridized carbons (Fsp3) is 0.263. The average Bonchev–Trinajstić information content (AvgIpc) is 2.68. The first-order valence-electron chi connectivity index (χ1n) is 8.89. The van der Waals surface area contributed by atoms with Crippen molar-refractivity contribution in [2.75, 3.05) is 23.7 Å². The maximum absolute atomic E-state index is 12.8. The van der Waals surface area contributed by atoms with E-state index in [0.717, 1.165) is 0 Å². The molecule has 1 aliphatic rings. The third-order valence-electron chi connectivity index (χ3n) is 4.53. The summed E-state index contributed by atoms with van der Waals surface area (Å²) < 4.78 is 27.0. The van der Waals surface area contributed by atoms with Crippen LogP contribution in [0.5, 0.6) is 0 Å². The van der Waals surface area contributed by atoms with E-state index < -0.39 is 22.0 Å². The van der Waals surface area contributed by atoms with Crippen molar-refractivity contribution in [2.24, 2.45) is 11.7 Å². The van der Waals surface area contributed by atoms with Crippen LogP contribution in [0.25, 0.3) is 0 Å². The van der Waals surface area contributed by atoms with Gasteiger partial charge in [0.25, 0.3) is 0 Å². The molecule has 0 bridgehead atoms. The number of nitrogens with one attached hydrogen (secondary N) is 2. The highest BCUT2D eigenvalue weighted by molar-refractivity contribution is 7.89. The second-order valence-corrected chi connectivity index (χ2v) is 8.51. The number of carbonyl (C=O) groups is 2. The van der Waals surface area contributed by atoms with Crippen LogP contribution in [0.1, 0.15) is 12.8 Å². The van der Waals surface area contributed by atoms with Crippen molar-refractivity contribution in [2.45, 2.75) is 17.7 Å². The van der Waals surface area contributed by atoms with E-state index in [1.54, 1.807) is 54.6 Å². The monoisotopic (exact) mass is 402 g/mol. The molecule has 0 spiro atoms. The minimum atomic E-state index is -3.63. The molecule has 2 aromatic rings. The van der Waals surface area contributed by atoms with Gasteiger partial charge in [0.1, 0.15) is 0 Å². The van der Waals surface area contributed by atoms with Crippen LogP contribution in [0.2, 0.25) is 0 Å². The van der Waals surface area contributed by atoms with E-state index in [-0.39, 0.29) is 17.3 Å². The van der Waals surface area contributed by atoms with Crippen molar-refractivity contribution in [1.82, 2.24) is 4.31 Å². The summed E-state index contributed by atoms with van der Waals surface area (Å²) in [4.78, 5) is 23.8. The summed E-state index contributed by atoms with van der Waals surface area (Å²) in [5.41, 5.74) is 6.06. The highest BCUT2D eigenvalue weighted by Crippen LogP contribution is 2.25. The summed E-state index contributed by atoms with van der Waals surface area (Å²) >= 11 is 0. The van der Waals surface area contributed by atoms with E-state index in [4.69, 9.17) is 5.73 Å². The first-order valence-corrected chi connectivity index (χ1v) is 10.3. The number of sulfonamides is 1. The molecule has 28 heavy (non-hydrogen) atoms. The van der Waals surface area contributed by atoms with Gasteiger partial charge < -0.3 is 16.4 Å². The van der Waals surface area contributed by atoms with Crippen molar-refractivity contribution < 1.29 is 18.0 Å². The largest absolute Gasteiger partial charge is 0.351 e. The summed E-state index contributed by atoms with van der Waals surface area (Å²) in [5.74, 6) is -0.718. The smallest absolute Gasteiger partial charge is 0.316 e. The molecule has 8 nitrogen and oxygen atoms in total. The third-order valence-corrected chi connectivity index (χ3v) is 6.41. The van der Waals surface area contributed by atoms with Gasteiger partial charge in [-0.1, -0.05) is 24.3 Å². The molecule has 3 amide bonds. The van der Waals surface area contributed by atoms with Gasteiger partial charge in [0.2, 0.25) is 15.9 Å². The van der Waals surface area contributed by atoms with Crippen LogP contribution in [0.4, 0.5) is 16.2 Å². The Bertz CT molecular complexity index is 963. The molecule has 1 atom stereocenters. The highest BCUT2D eigenvalue weighted by Gasteiger charge is 2.33. The fourth-order valence-electron chi connectivity index (χ4n) is 3.18. The summed E-state index contributed by atoms with van der Waals surface area (Å²) in [6.07, 6.45) is 1.21. The second kappa shape index (κ2) is 8.41. The summed E-state index contributed by atoms with van der Waals surface area (Å²) in [7, 11) is -3.63. The molecular weight excluding hydrogens is 380 g/mol. The number of hydrogen-bond donors (Lipinski definition) is 3. The lowest BCUT2D eigenvalue weighted by molar-refractivity contribution is -0.120. The fourth-order valence-corrected chi connectivity index (χ4v) is 4.72. The molecule has 0 aliphatic carbocycles. The Morgan fingerprint density at radius 2 is 1.68 bits per heavy atom. The van der Waals surface area contributed by atoms with Gasteiger partial charge in [-0.15, -0.1) is 0 Å². The van der Waals surface area contributed by atoms with Gasteiger partial charge in [0.15, 0.2) is 0 Å². The van der Waals surface area contributed by atoms with Crippen LogP contribution < -0.4 is 16.4 Å². The molecule has 9 heteroatoms. The van der Waals surface area contributed by atoms with E-state index in [2.05, 4.69) is 10.6 Å². The number of nitrogens with two attached hydrogens (primary N) is 1. The summed E-state index contributed by atoms with van der Waals surface area (Å²) in [5, 5.41) is 5.23. The van der Waals surface area contributed by atoms with E-state index in [9.17, 15) is 18.0 Å². The van der Waals surface area contributed by atoms with Crippen molar-refractivity contribution >= 4 is 33.3 Å². The van der Waals surface area contributed by atoms with E-state index in [1.807, 2.05) is 0 Å². The average molecular weight is 402 g/mol. The topological polar surface area (TPSA) is 122 Å². The second-order valence-electron chi connectivity index (χ2n) is 6.57. The van der Waals surface area contributed by atoms with E-state index in [0.29, 0.717) is 30.8 Å². The molecular formula is C19H22N4O4S. The number of piperidine rings is 1. The number of benzene rings is 2. The number of nitrogens with zero attached hydrogens (tertiary/aromatic N) is 1. The Labute approximate surface area is 163 Å². The van der Waals surface area contributed by atoms with Gasteiger partial charge in [0, 0.05) is 24.5 Å². The molecule has 0 aromatic heterocycles. The van der Waals surface area contributed by atoms with Crippen LogP contribution in [0.3, 0.4) is 0 Å². The van der Waals surface area contributed by atoms with E-state index >= 15 is 0 Å². The zero-order valence-corrected chi connectivity index (χ0v) is 16.0. The first kappa shape index (κ1) is 19.8. The number of rotatable bonds is 5. The van der Waals surface area contributed by atoms with Crippen LogP contribution in [-0.4, -0.2) is 37.8 Å². The summed E-state index contributed by atoms with van der Waals surface area (Å²) in [6.45, 7) is 0.515. The number of primary amides is 1. The molecule has 2 aromatic carbocycles. The van der Waals surface area contributed by atoms with Crippen molar-refractivity contribution in [3.8, 4) is 0 Å². The lowest BCUT2D eigenvalue weighted by Crippen LogP contribution is -2.43. The Hall–Kier alpha value is -2.91. The van der Waals surface area contributed by atoms with Gasteiger partial charge in [-0.25, -0.2) is 13.2 Å². The van der Waals surface area contributed by atoms with Gasteiger partial charge in [0.05, 0.1) is 10.8 Å². The maximum atomic E-state index is 12.8. The predicted molar refractivity (Wildman–Crippen MR) is 106 cm³/mol. The number of carbonyl (C=O) groups excluding carboxylic acids is 2. The predicted octanol–water partition coefficient (Wildman–Crippen LogP) is 2.22. The molecule has 3 rings (SSSR count). The van der Waals surface area contributed by atoms with E-state index in [1.165, 1.54) is 4.31 Å². The maximum Gasteiger partial charge on any atom is 0.316 e. The lowest BCUT2D eigenvalue weighted by atomic mass is 9.98. The van der Waals surface area contributed by atoms with Crippen molar-refractivity contribution in [3.63, 3.8) is 0 Å². The zero-order chi connectivity index (χ0) is 20.1. The minimum absolute atomic E-state index is 0.127. The normalized spacial score (nSPS) is 17.6. The molecule has 1 aliphatic heterocycles. The van der Waals surface area contributed by atoms with Gasteiger partial charge in [-0.3, -0.25) is 4.79 Å². The van der Waals surface area contributed by atoms with Gasteiger partial charge in [-0.05, 0) is 43.2 Å².